The zero-order valence-corrected chi connectivity index (χ0v) is 13.9. The van der Waals surface area contributed by atoms with Crippen LogP contribution < -0.4 is 0 Å². The zero-order valence-electron chi connectivity index (χ0n) is 13.9. The third kappa shape index (κ3) is 5.39. The second kappa shape index (κ2) is 9.07. The van der Waals surface area contributed by atoms with Crippen molar-refractivity contribution >= 4 is 17.4 Å². The van der Waals surface area contributed by atoms with Gasteiger partial charge in [0.25, 0.3) is 0 Å². The molecule has 0 aromatic heterocycles. The first-order chi connectivity index (χ1) is 10.5. The second-order valence-corrected chi connectivity index (χ2v) is 5.43. The minimum absolute atomic E-state index is 0.00723. The van der Waals surface area contributed by atoms with Gasteiger partial charge in [0.1, 0.15) is 0 Å². The quantitative estimate of drug-likeness (QED) is 0.401. The highest BCUT2D eigenvalue weighted by molar-refractivity contribution is 5.94. The van der Waals surface area contributed by atoms with Gasteiger partial charge in [-0.15, -0.1) is 5.11 Å². The molecule has 0 fully saturated rings. The molecule has 0 bridgehead atoms. The summed E-state index contributed by atoms with van der Waals surface area (Å²) in [7, 11) is 1.63. The lowest BCUT2D eigenvalue weighted by Crippen LogP contribution is -2.28. The molecule has 0 aliphatic rings. The molecule has 0 heterocycles. The van der Waals surface area contributed by atoms with E-state index in [0.717, 1.165) is 25.7 Å². The van der Waals surface area contributed by atoms with Gasteiger partial charge >= 0.3 is 0 Å². The molecule has 0 saturated heterocycles. The Balaban J connectivity index is 2.70. The highest BCUT2D eigenvalue weighted by Gasteiger charge is 2.20. The number of amides is 1. The molecule has 0 atom stereocenters. The first-order valence-corrected chi connectivity index (χ1v) is 7.79. The van der Waals surface area contributed by atoms with Crippen LogP contribution in [-0.2, 0) is 4.79 Å². The van der Waals surface area contributed by atoms with E-state index >= 15 is 0 Å². The molecule has 0 N–H and O–H groups in total. The fourth-order valence-electron chi connectivity index (χ4n) is 2.28. The Morgan fingerprint density at radius 3 is 2.09 bits per heavy atom. The predicted molar refractivity (Wildman–Crippen MR) is 87.0 cm³/mol. The molecular formula is C17H25N3O2. The molecule has 0 spiro atoms. The van der Waals surface area contributed by atoms with Crippen molar-refractivity contribution in [1.29, 1.82) is 0 Å². The van der Waals surface area contributed by atoms with Gasteiger partial charge in [-0.2, -0.15) is 0 Å². The topological polar surface area (TPSA) is 62.1 Å². The van der Waals surface area contributed by atoms with E-state index in [4.69, 9.17) is 0 Å². The standard InChI is InChI=1S/C17H25N3O2/c1-5-7-15(8-6-2)17(22)20(4)19-18-16-11-9-14(10-12-16)13(3)21/h9-12,15H,5-8H2,1-4H3. The summed E-state index contributed by atoms with van der Waals surface area (Å²) in [4.78, 5) is 23.5. The Morgan fingerprint density at radius 1 is 1.09 bits per heavy atom. The van der Waals surface area contributed by atoms with E-state index in [1.54, 1.807) is 31.3 Å². The van der Waals surface area contributed by atoms with Gasteiger partial charge in [-0.25, -0.2) is 5.01 Å². The van der Waals surface area contributed by atoms with Crippen LogP contribution in [0, 0.1) is 5.92 Å². The van der Waals surface area contributed by atoms with Gasteiger partial charge in [-0.05, 0) is 44.0 Å². The van der Waals surface area contributed by atoms with Crippen LogP contribution in [0.15, 0.2) is 34.6 Å². The summed E-state index contributed by atoms with van der Waals surface area (Å²) in [6.07, 6.45) is 3.71. The molecular weight excluding hydrogens is 278 g/mol. The van der Waals surface area contributed by atoms with E-state index in [0.29, 0.717) is 11.3 Å². The minimum atomic E-state index is 0.00723. The molecule has 0 radical (unpaired) electrons. The maximum Gasteiger partial charge on any atom is 0.246 e. The Bertz CT molecular complexity index is 517. The van der Waals surface area contributed by atoms with E-state index in [-0.39, 0.29) is 17.6 Å². The number of ketones is 1. The monoisotopic (exact) mass is 303 g/mol. The van der Waals surface area contributed by atoms with Gasteiger partial charge in [-0.1, -0.05) is 31.9 Å². The number of hydrogen-bond donors (Lipinski definition) is 0. The minimum Gasteiger partial charge on any atom is -0.295 e. The van der Waals surface area contributed by atoms with Crippen LogP contribution in [0.1, 0.15) is 56.8 Å². The van der Waals surface area contributed by atoms with Gasteiger partial charge in [0.05, 0.1) is 5.69 Å². The first kappa shape index (κ1) is 18.0. The lowest BCUT2D eigenvalue weighted by molar-refractivity contribution is -0.135. The average molecular weight is 303 g/mol. The average Bonchev–Trinajstić information content (AvgIpc) is 2.52. The molecule has 1 rings (SSSR count). The summed E-state index contributed by atoms with van der Waals surface area (Å²) in [5.41, 5.74) is 1.25. The lowest BCUT2D eigenvalue weighted by atomic mass is 9.97. The summed E-state index contributed by atoms with van der Waals surface area (Å²) in [6.45, 7) is 5.67. The number of benzene rings is 1. The number of carbonyl (C=O) groups is 2. The summed E-state index contributed by atoms with van der Waals surface area (Å²) in [6, 6.07) is 6.84. The predicted octanol–water partition coefficient (Wildman–Crippen LogP) is 4.56. The number of rotatable bonds is 8. The van der Waals surface area contributed by atoms with E-state index in [2.05, 4.69) is 24.2 Å². The number of nitrogens with zero attached hydrogens (tertiary/aromatic N) is 3. The molecule has 0 unspecified atom stereocenters. The summed E-state index contributed by atoms with van der Waals surface area (Å²) in [5.74, 6) is 0.0320. The van der Waals surface area contributed by atoms with Crippen LogP contribution >= 0.6 is 0 Å². The van der Waals surface area contributed by atoms with Gasteiger partial charge in [0, 0.05) is 18.5 Å². The third-order valence-corrected chi connectivity index (χ3v) is 3.51. The van der Waals surface area contributed by atoms with Crippen molar-refractivity contribution in [3.8, 4) is 0 Å². The fourth-order valence-corrected chi connectivity index (χ4v) is 2.28. The van der Waals surface area contributed by atoms with Crippen LogP contribution in [0.25, 0.3) is 0 Å². The Kier molecular flexibility index (Phi) is 7.43. The summed E-state index contributed by atoms with van der Waals surface area (Å²) in [5, 5.41) is 9.34. The molecule has 0 aliphatic carbocycles. The number of Topliss-reactive ketones (excluding diaryl/α,β-unsaturated/α-hetero) is 1. The van der Waals surface area contributed by atoms with Crippen molar-refractivity contribution in [2.45, 2.75) is 46.5 Å². The Morgan fingerprint density at radius 2 is 1.64 bits per heavy atom. The van der Waals surface area contributed by atoms with E-state index < -0.39 is 0 Å². The van der Waals surface area contributed by atoms with Crippen molar-refractivity contribution in [2.24, 2.45) is 16.3 Å². The zero-order chi connectivity index (χ0) is 16.5. The van der Waals surface area contributed by atoms with Crippen molar-refractivity contribution < 1.29 is 9.59 Å². The first-order valence-electron chi connectivity index (χ1n) is 7.79. The molecule has 22 heavy (non-hydrogen) atoms. The SMILES string of the molecule is CCCC(CCC)C(=O)N(C)N=Nc1ccc(C(C)=O)cc1. The third-order valence-electron chi connectivity index (χ3n) is 3.51. The molecule has 1 aromatic carbocycles. The van der Waals surface area contributed by atoms with Gasteiger partial charge in [0.2, 0.25) is 5.91 Å². The lowest BCUT2D eigenvalue weighted by Gasteiger charge is -2.18. The normalized spacial score (nSPS) is 11.1. The number of carbonyl (C=O) groups excluding carboxylic acids is 2. The van der Waals surface area contributed by atoms with Crippen LogP contribution in [0.5, 0.6) is 0 Å². The molecule has 5 heteroatoms. The Labute approximate surface area is 132 Å². The molecule has 1 aromatic rings. The largest absolute Gasteiger partial charge is 0.295 e. The molecule has 0 aliphatic heterocycles. The van der Waals surface area contributed by atoms with Crippen LogP contribution in [0.2, 0.25) is 0 Å². The van der Waals surface area contributed by atoms with Crippen LogP contribution in [0.4, 0.5) is 5.69 Å². The van der Waals surface area contributed by atoms with Gasteiger partial charge in [-0.3, -0.25) is 9.59 Å². The van der Waals surface area contributed by atoms with Crippen molar-refractivity contribution in [2.75, 3.05) is 7.05 Å². The maximum atomic E-state index is 12.3. The van der Waals surface area contributed by atoms with E-state index in [9.17, 15) is 9.59 Å². The fraction of sp³-hybridized carbons (Fsp3) is 0.529. The molecule has 1 amide bonds. The van der Waals surface area contributed by atoms with E-state index in [1.807, 2.05) is 0 Å². The van der Waals surface area contributed by atoms with Crippen LogP contribution in [-0.4, -0.2) is 23.7 Å². The van der Waals surface area contributed by atoms with E-state index in [1.165, 1.54) is 11.9 Å². The van der Waals surface area contributed by atoms with Crippen molar-refractivity contribution in [1.82, 2.24) is 5.01 Å². The smallest absolute Gasteiger partial charge is 0.246 e. The summed E-state index contributed by atoms with van der Waals surface area (Å²) < 4.78 is 0. The molecule has 0 saturated carbocycles. The van der Waals surface area contributed by atoms with Crippen LogP contribution in [0.3, 0.4) is 0 Å². The van der Waals surface area contributed by atoms with Gasteiger partial charge in [0.15, 0.2) is 5.78 Å². The molecule has 120 valence electrons. The second-order valence-electron chi connectivity index (χ2n) is 5.43. The van der Waals surface area contributed by atoms with Gasteiger partial charge < -0.3 is 0 Å². The number of hydrogen-bond acceptors (Lipinski definition) is 4. The maximum absolute atomic E-state index is 12.3. The van der Waals surface area contributed by atoms with Crippen molar-refractivity contribution in [3.05, 3.63) is 29.8 Å². The van der Waals surface area contributed by atoms with Crippen molar-refractivity contribution in [3.63, 3.8) is 0 Å². The summed E-state index contributed by atoms with van der Waals surface area (Å²) >= 11 is 0. The Hall–Kier alpha value is -2.04. The highest BCUT2D eigenvalue weighted by atomic mass is 16.2. The highest BCUT2D eigenvalue weighted by Crippen LogP contribution is 2.18. The molecule has 5 nitrogen and oxygen atoms in total.